The smallest absolute Gasteiger partial charge is 0.260 e. The number of hydrogen-bond donors (Lipinski definition) is 2. The molecule has 0 unspecified atom stereocenters. The average molecular weight is 263 g/mol. The van der Waals surface area contributed by atoms with Gasteiger partial charge in [0.1, 0.15) is 5.76 Å². The molecule has 0 atom stereocenters. The molecule has 0 spiro atoms. The van der Waals surface area contributed by atoms with Crippen molar-refractivity contribution in [3.05, 3.63) is 35.2 Å². The third-order valence-electron chi connectivity index (χ3n) is 2.50. The molecular weight excluding hydrogens is 250 g/mol. The zero-order chi connectivity index (χ0) is 13.3. The van der Waals surface area contributed by atoms with E-state index in [9.17, 15) is 4.79 Å². The van der Waals surface area contributed by atoms with Crippen LogP contribution in [0.3, 0.4) is 0 Å². The fourth-order valence-electron chi connectivity index (χ4n) is 1.40. The molecule has 0 saturated carbocycles. The van der Waals surface area contributed by atoms with Crippen molar-refractivity contribution < 1.29 is 9.21 Å². The number of aryl methyl sites for hydroxylation is 2. The van der Waals surface area contributed by atoms with Crippen molar-refractivity contribution in [1.29, 1.82) is 0 Å². The van der Waals surface area contributed by atoms with Crippen molar-refractivity contribution in [3.63, 3.8) is 0 Å². The summed E-state index contributed by atoms with van der Waals surface area (Å²) in [6.45, 7) is 3.73. The van der Waals surface area contributed by atoms with Crippen LogP contribution in [-0.4, -0.2) is 10.9 Å². The lowest BCUT2D eigenvalue weighted by molar-refractivity contribution is 0.100. The fraction of sp³-hybridized carbons (Fsp3) is 0.167. The summed E-state index contributed by atoms with van der Waals surface area (Å²) in [6, 6.07) is 5.07. The van der Waals surface area contributed by atoms with Gasteiger partial charge in [-0.3, -0.25) is 4.79 Å². The van der Waals surface area contributed by atoms with E-state index in [1.165, 1.54) is 11.8 Å². The van der Waals surface area contributed by atoms with Crippen molar-refractivity contribution in [2.75, 3.05) is 5.73 Å². The standard InChI is InChI=1S/C12H13N3O2S/c1-6-7(2)17-12(15-6)18-8-3-4-10(13)9(5-8)11(14)16/h3-5H,13H2,1-2H3,(H2,14,16). The van der Waals surface area contributed by atoms with Crippen LogP contribution in [0.4, 0.5) is 5.69 Å². The minimum absolute atomic E-state index is 0.306. The topological polar surface area (TPSA) is 95.1 Å². The average Bonchev–Trinajstić information content (AvgIpc) is 2.60. The Morgan fingerprint density at radius 1 is 1.39 bits per heavy atom. The van der Waals surface area contributed by atoms with Gasteiger partial charge in [-0.05, 0) is 43.8 Å². The van der Waals surface area contributed by atoms with E-state index in [1.807, 2.05) is 13.8 Å². The third-order valence-corrected chi connectivity index (χ3v) is 3.34. The van der Waals surface area contributed by atoms with Crippen molar-refractivity contribution >= 4 is 23.4 Å². The maximum atomic E-state index is 11.2. The quantitative estimate of drug-likeness (QED) is 0.827. The van der Waals surface area contributed by atoms with Gasteiger partial charge in [0.05, 0.1) is 11.3 Å². The fourth-order valence-corrected chi connectivity index (χ4v) is 2.26. The van der Waals surface area contributed by atoms with Crippen LogP contribution in [0.2, 0.25) is 0 Å². The highest BCUT2D eigenvalue weighted by molar-refractivity contribution is 7.99. The van der Waals surface area contributed by atoms with Crippen LogP contribution in [0.5, 0.6) is 0 Å². The van der Waals surface area contributed by atoms with E-state index >= 15 is 0 Å². The van der Waals surface area contributed by atoms with E-state index in [4.69, 9.17) is 15.9 Å². The van der Waals surface area contributed by atoms with Gasteiger partial charge in [-0.2, -0.15) is 0 Å². The first-order chi connectivity index (χ1) is 8.47. The summed E-state index contributed by atoms with van der Waals surface area (Å²) in [5, 5.41) is 0.533. The first-order valence-corrected chi connectivity index (χ1v) is 6.10. The molecule has 5 nitrogen and oxygen atoms in total. The molecule has 2 rings (SSSR count). The summed E-state index contributed by atoms with van der Waals surface area (Å²) in [5.41, 5.74) is 12.4. The Morgan fingerprint density at radius 2 is 2.11 bits per heavy atom. The van der Waals surface area contributed by atoms with E-state index < -0.39 is 5.91 Å². The second-order valence-corrected chi connectivity index (χ2v) is 4.86. The number of amides is 1. The lowest BCUT2D eigenvalue weighted by Crippen LogP contribution is -2.13. The van der Waals surface area contributed by atoms with Crippen LogP contribution >= 0.6 is 11.8 Å². The summed E-state index contributed by atoms with van der Waals surface area (Å²) in [5.74, 6) is 0.234. The van der Waals surface area contributed by atoms with Gasteiger partial charge < -0.3 is 15.9 Å². The molecular formula is C12H13N3O2S. The van der Waals surface area contributed by atoms with Gasteiger partial charge in [-0.1, -0.05) is 0 Å². The van der Waals surface area contributed by atoms with Crippen LogP contribution < -0.4 is 11.5 Å². The molecule has 4 N–H and O–H groups in total. The van der Waals surface area contributed by atoms with Gasteiger partial charge in [0, 0.05) is 10.6 Å². The normalized spacial score (nSPS) is 10.6. The van der Waals surface area contributed by atoms with E-state index in [1.54, 1.807) is 18.2 Å². The molecule has 2 aromatic rings. The number of aromatic nitrogens is 1. The molecule has 0 fully saturated rings. The lowest BCUT2D eigenvalue weighted by atomic mass is 10.2. The molecule has 0 aliphatic rings. The van der Waals surface area contributed by atoms with Crippen molar-refractivity contribution in [2.45, 2.75) is 24.0 Å². The second kappa shape index (κ2) is 4.73. The summed E-state index contributed by atoms with van der Waals surface area (Å²) in [4.78, 5) is 16.2. The Hall–Kier alpha value is -1.95. The second-order valence-electron chi connectivity index (χ2n) is 3.84. The Balaban J connectivity index is 2.29. The number of nitrogens with zero attached hydrogens (tertiary/aromatic N) is 1. The maximum absolute atomic E-state index is 11.2. The van der Waals surface area contributed by atoms with Gasteiger partial charge in [0.15, 0.2) is 0 Å². The SMILES string of the molecule is Cc1nc(Sc2ccc(N)c(C(N)=O)c2)oc1C. The van der Waals surface area contributed by atoms with E-state index in [0.29, 0.717) is 16.5 Å². The van der Waals surface area contributed by atoms with Gasteiger partial charge in [0.25, 0.3) is 11.1 Å². The maximum Gasteiger partial charge on any atom is 0.260 e. The highest BCUT2D eigenvalue weighted by atomic mass is 32.2. The molecule has 0 bridgehead atoms. The molecule has 18 heavy (non-hydrogen) atoms. The van der Waals surface area contributed by atoms with Gasteiger partial charge in [-0.25, -0.2) is 4.98 Å². The molecule has 1 aromatic carbocycles. The number of hydrogen-bond acceptors (Lipinski definition) is 5. The number of primary amides is 1. The Morgan fingerprint density at radius 3 is 2.67 bits per heavy atom. The number of carbonyl (C=O) groups is 1. The van der Waals surface area contributed by atoms with E-state index in [-0.39, 0.29) is 0 Å². The van der Waals surface area contributed by atoms with Crippen molar-refractivity contribution in [1.82, 2.24) is 4.98 Å². The molecule has 0 aliphatic carbocycles. The molecule has 6 heteroatoms. The molecule has 1 heterocycles. The monoisotopic (exact) mass is 263 g/mol. The Bertz CT molecular complexity index is 588. The Kier molecular flexibility index (Phi) is 3.29. The number of nitrogen functional groups attached to an aromatic ring is 1. The number of carbonyl (C=O) groups excluding carboxylic acids is 1. The Labute approximate surface area is 109 Å². The van der Waals surface area contributed by atoms with Crippen molar-refractivity contribution in [3.8, 4) is 0 Å². The number of nitrogens with two attached hydrogens (primary N) is 2. The van der Waals surface area contributed by atoms with Crippen LogP contribution in [-0.2, 0) is 0 Å². The largest absolute Gasteiger partial charge is 0.436 e. The summed E-state index contributed by atoms with van der Waals surface area (Å²) >= 11 is 1.32. The zero-order valence-electron chi connectivity index (χ0n) is 10.1. The van der Waals surface area contributed by atoms with Crippen LogP contribution in [0.15, 0.2) is 32.7 Å². The zero-order valence-corrected chi connectivity index (χ0v) is 10.9. The van der Waals surface area contributed by atoms with Gasteiger partial charge in [-0.15, -0.1) is 0 Å². The molecule has 0 saturated heterocycles. The van der Waals surface area contributed by atoms with E-state index in [2.05, 4.69) is 4.98 Å². The van der Waals surface area contributed by atoms with Crippen molar-refractivity contribution in [2.24, 2.45) is 5.73 Å². The molecule has 1 amide bonds. The highest BCUT2D eigenvalue weighted by Crippen LogP contribution is 2.30. The third kappa shape index (κ3) is 2.48. The van der Waals surface area contributed by atoms with Crippen LogP contribution in [0, 0.1) is 13.8 Å². The van der Waals surface area contributed by atoms with Crippen LogP contribution in [0.25, 0.3) is 0 Å². The number of oxazole rings is 1. The summed E-state index contributed by atoms with van der Waals surface area (Å²) in [7, 11) is 0. The lowest BCUT2D eigenvalue weighted by Gasteiger charge is -2.03. The molecule has 0 aliphatic heterocycles. The number of anilines is 1. The minimum atomic E-state index is -0.547. The minimum Gasteiger partial charge on any atom is -0.436 e. The predicted octanol–water partition coefficient (Wildman–Crippen LogP) is 2.12. The molecule has 0 radical (unpaired) electrons. The van der Waals surface area contributed by atoms with Gasteiger partial charge >= 0.3 is 0 Å². The predicted molar refractivity (Wildman–Crippen MR) is 69.5 cm³/mol. The molecule has 1 aromatic heterocycles. The first-order valence-electron chi connectivity index (χ1n) is 5.28. The summed E-state index contributed by atoms with van der Waals surface area (Å²) < 4.78 is 5.45. The highest BCUT2D eigenvalue weighted by Gasteiger charge is 2.11. The number of rotatable bonds is 3. The number of benzene rings is 1. The summed E-state index contributed by atoms with van der Waals surface area (Å²) in [6.07, 6.45) is 0. The first kappa shape index (κ1) is 12.5. The van der Waals surface area contributed by atoms with Gasteiger partial charge in [0.2, 0.25) is 0 Å². The van der Waals surface area contributed by atoms with E-state index in [0.717, 1.165) is 16.3 Å². The molecule has 94 valence electrons. The van der Waals surface area contributed by atoms with Crippen LogP contribution in [0.1, 0.15) is 21.8 Å².